The van der Waals surface area contributed by atoms with Gasteiger partial charge in [0.25, 0.3) is 5.91 Å². The minimum atomic E-state index is -0.0606. The molecule has 0 saturated carbocycles. The molecule has 1 atom stereocenters. The van der Waals surface area contributed by atoms with Crippen molar-refractivity contribution in [2.45, 2.75) is 39.7 Å². The van der Waals surface area contributed by atoms with E-state index in [9.17, 15) is 4.79 Å². The highest BCUT2D eigenvalue weighted by molar-refractivity contribution is 5.95. The van der Waals surface area contributed by atoms with Crippen LogP contribution in [-0.2, 0) is 0 Å². The second-order valence-corrected chi connectivity index (χ2v) is 5.41. The summed E-state index contributed by atoms with van der Waals surface area (Å²) in [5.74, 6) is 1.94. The van der Waals surface area contributed by atoms with Gasteiger partial charge in [-0.25, -0.2) is 0 Å². The zero-order chi connectivity index (χ0) is 13.8. The summed E-state index contributed by atoms with van der Waals surface area (Å²) >= 11 is 0. The van der Waals surface area contributed by atoms with Crippen molar-refractivity contribution in [1.82, 2.24) is 5.32 Å². The Labute approximate surface area is 114 Å². The molecule has 1 aliphatic heterocycles. The van der Waals surface area contributed by atoms with E-state index in [1.165, 1.54) is 0 Å². The number of rotatable bonds is 5. The molecule has 1 amide bonds. The van der Waals surface area contributed by atoms with Crippen LogP contribution < -0.4 is 14.8 Å². The molecular formula is C15H21NO3. The Balaban J connectivity index is 1.92. The van der Waals surface area contributed by atoms with Gasteiger partial charge in [-0.2, -0.15) is 0 Å². The number of ether oxygens (including phenoxy) is 2. The van der Waals surface area contributed by atoms with E-state index < -0.39 is 0 Å². The lowest BCUT2D eigenvalue weighted by atomic mass is 10.0. The predicted octanol–water partition coefficient (Wildman–Crippen LogP) is 2.97. The van der Waals surface area contributed by atoms with Crippen molar-refractivity contribution in [3.05, 3.63) is 23.8 Å². The van der Waals surface area contributed by atoms with E-state index in [1.54, 1.807) is 18.2 Å². The maximum Gasteiger partial charge on any atom is 0.251 e. The van der Waals surface area contributed by atoms with E-state index in [4.69, 9.17) is 9.47 Å². The molecule has 1 aromatic carbocycles. The van der Waals surface area contributed by atoms with Crippen molar-refractivity contribution >= 4 is 5.91 Å². The van der Waals surface area contributed by atoms with Crippen molar-refractivity contribution in [2.24, 2.45) is 5.92 Å². The van der Waals surface area contributed by atoms with E-state index in [0.29, 0.717) is 23.0 Å². The second-order valence-electron chi connectivity index (χ2n) is 5.41. The van der Waals surface area contributed by atoms with Gasteiger partial charge < -0.3 is 14.8 Å². The largest absolute Gasteiger partial charge is 0.454 e. The van der Waals surface area contributed by atoms with Gasteiger partial charge in [0, 0.05) is 11.6 Å². The van der Waals surface area contributed by atoms with Crippen LogP contribution in [0.2, 0.25) is 0 Å². The topological polar surface area (TPSA) is 47.6 Å². The van der Waals surface area contributed by atoms with Crippen LogP contribution in [-0.4, -0.2) is 18.7 Å². The maximum atomic E-state index is 12.1. The summed E-state index contributed by atoms with van der Waals surface area (Å²) in [5.41, 5.74) is 0.612. The molecule has 1 aliphatic rings. The quantitative estimate of drug-likeness (QED) is 0.888. The van der Waals surface area contributed by atoms with Crippen LogP contribution in [0.5, 0.6) is 11.5 Å². The van der Waals surface area contributed by atoms with E-state index in [1.807, 2.05) is 6.92 Å². The molecule has 0 radical (unpaired) electrons. The lowest BCUT2D eigenvalue weighted by Crippen LogP contribution is -2.32. The van der Waals surface area contributed by atoms with Crippen molar-refractivity contribution in [3.8, 4) is 11.5 Å². The van der Waals surface area contributed by atoms with Crippen LogP contribution in [0, 0.1) is 5.92 Å². The third-order valence-corrected chi connectivity index (χ3v) is 3.19. The highest BCUT2D eigenvalue weighted by Gasteiger charge is 2.17. The molecule has 2 rings (SSSR count). The first-order valence-electron chi connectivity index (χ1n) is 6.76. The van der Waals surface area contributed by atoms with Crippen LogP contribution >= 0.6 is 0 Å². The number of amides is 1. The van der Waals surface area contributed by atoms with Crippen molar-refractivity contribution in [1.29, 1.82) is 0 Å². The smallest absolute Gasteiger partial charge is 0.251 e. The molecule has 104 valence electrons. The highest BCUT2D eigenvalue weighted by atomic mass is 16.7. The lowest BCUT2D eigenvalue weighted by molar-refractivity contribution is 0.0936. The normalized spacial score (nSPS) is 14.5. The first kappa shape index (κ1) is 13.7. The molecule has 1 heterocycles. The van der Waals surface area contributed by atoms with E-state index in [0.717, 1.165) is 12.8 Å². The molecule has 0 aromatic heterocycles. The van der Waals surface area contributed by atoms with Crippen LogP contribution in [0.4, 0.5) is 0 Å². The average Bonchev–Trinajstić information content (AvgIpc) is 2.83. The third kappa shape index (κ3) is 3.63. The molecule has 0 saturated heterocycles. The number of hydrogen-bond donors (Lipinski definition) is 1. The molecule has 0 fully saturated rings. The SMILES string of the molecule is CC(C)CCC(C)NC(=O)c1ccc2c(c1)OCO2. The second kappa shape index (κ2) is 5.95. The first-order chi connectivity index (χ1) is 9.06. The Kier molecular flexibility index (Phi) is 4.30. The molecule has 1 aromatic rings. The van der Waals surface area contributed by atoms with E-state index in [-0.39, 0.29) is 18.7 Å². The van der Waals surface area contributed by atoms with Crippen LogP contribution in [0.25, 0.3) is 0 Å². The first-order valence-corrected chi connectivity index (χ1v) is 6.76. The third-order valence-electron chi connectivity index (χ3n) is 3.19. The fourth-order valence-corrected chi connectivity index (χ4v) is 2.00. The average molecular weight is 263 g/mol. The van der Waals surface area contributed by atoms with Crippen LogP contribution in [0.3, 0.4) is 0 Å². The number of fused-ring (bicyclic) bond motifs is 1. The highest BCUT2D eigenvalue weighted by Crippen LogP contribution is 2.32. The number of carbonyl (C=O) groups is 1. The van der Waals surface area contributed by atoms with Crippen LogP contribution in [0.1, 0.15) is 44.0 Å². The van der Waals surface area contributed by atoms with Gasteiger partial charge in [-0.3, -0.25) is 4.79 Å². The summed E-state index contributed by atoms with van der Waals surface area (Å²) in [4.78, 5) is 12.1. The Morgan fingerprint density at radius 1 is 1.21 bits per heavy atom. The van der Waals surface area contributed by atoms with E-state index in [2.05, 4.69) is 19.2 Å². The summed E-state index contributed by atoms with van der Waals surface area (Å²) in [6, 6.07) is 5.45. The molecule has 1 N–H and O–H groups in total. The van der Waals surface area contributed by atoms with Gasteiger partial charge in [-0.05, 0) is 43.9 Å². The summed E-state index contributed by atoms with van der Waals surface area (Å²) < 4.78 is 10.5. The molecule has 1 unspecified atom stereocenters. The fourth-order valence-electron chi connectivity index (χ4n) is 2.00. The number of hydrogen-bond acceptors (Lipinski definition) is 3. The molecule has 19 heavy (non-hydrogen) atoms. The predicted molar refractivity (Wildman–Crippen MR) is 73.6 cm³/mol. The Morgan fingerprint density at radius 3 is 2.68 bits per heavy atom. The molecule has 0 spiro atoms. The number of carbonyl (C=O) groups excluding carboxylic acids is 1. The minimum absolute atomic E-state index is 0.0606. The van der Waals surface area contributed by atoms with Gasteiger partial charge in [0.15, 0.2) is 11.5 Å². The summed E-state index contributed by atoms with van der Waals surface area (Å²) in [6.45, 7) is 6.64. The van der Waals surface area contributed by atoms with Gasteiger partial charge >= 0.3 is 0 Å². The van der Waals surface area contributed by atoms with Crippen molar-refractivity contribution < 1.29 is 14.3 Å². The summed E-state index contributed by atoms with van der Waals surface area (Å²) in [7, 11) is 0. The van der Waals surface area contributed by atoms with Gasteiger partial charge in [-0.1, -0.05) is 13.8 Å². The molecule has 0 aliphatic carbocycles. The maximum absolute atomic E-state index is 12.1. The summed E-state index contributed by atoms with van der Waals surface area (Å²) in [6.07, 6.45) is 2.11. The fraction of sp³-hybridized carbons (Fsp3) is 0.533. The molecular weight excluding hydrogens is 242 g/mol. The zero-order valence-electron chi connectivity index (χ0n) is 11.7. The lowest BCUT2D eigenvalue weighted by Gasteiger charge is -2.15. The van der Waals surface area contributed by atoms with Crippen molar-refractivity contribution in [2.75, 3.05) is 6.79 Å². The standard InChI is InChI=1S/C15H21NO3/c1-10(2)4-5-11(3)16-15(17)12-6-7-13-14(8-12)19-9-18-13/h6-8,10-11H,4-5,9H2,1-3H3,(H,16,17). The molecule has 0 bridgehead atoms. The van der Waals surface area contributed by atoms with Crippen molar-refractivity contribution in [3.63, 3.8) is 0 Å². The Bertz CT molecular complexity index is 457. The zero-order valence-corrected chi connectivity index (χ0v) is 11.7. The van der Waals surface area contributed by atoms with E-state index >= 15 is 0 Å². The summed E-state index contributed by atoms with van der Waals surface area (Å²) in [5, 5.41) is 3.01. The monoisotopic (exact) mass is 263 g/mol. The van der Waals surface area contributed by atoms with Gasteiger partial charge in [0.1, 0.15) is 0 Å². The molecule has 4 heteroatoms. The Hall–Kier alpha value is -1.71. The number of nitrogens with one attached hydrogen (secondary N) is 1. The van der Waals surface area contributed by atoms with Crippen LogP contribution in [0.15, 0.2) is 18.2 Å². The Morgan fingerprint density at radius 2 is 1.95 bits per heavy atom. The molecule has 4 nitrogen and oxygen atoms in total. The van der Waals surface area contributed by atoms with Gasteiger partial charge in [0.2, 0.25) is 6.79 Å². The number of benzene rings is 1. The van der Waals surface area contributed by atoms with Gasteiger partial charge in [0.05, 0.1) is 0 Å². The minimum Gasteiger partial charge on any atom is -0.454 e. The van der Waals surface area contributed by atoms with Gasteiger partial charge in [-0.15, -0.1) is 0 Å².